The third-order valence-electron chi connectivity index (χ3n) is 5.41. The summed E-state index contributed by atoms with van der Waals surface area (Å²) in [5, 5.41) is 5.77. The van der Waals surface area contributed by atoms with Crippen molar-refractivity contribution in [2.45, 2.75) is 39.5 Å². The number of nitrogens with zero attached hydrogens (tertiary/aromatic N) is 1. The van der Waals surface area contributed by atoms with Crippen LogP contribution in [0.4, 0.5) is 17.1 Å². The molecule has 2 N–H and O–H groups in total. The van der Waals surface area contributed by atoms with Crippen molar-refractivity contribution >= 4 is 46.4 Å². The van der Waals surface area contributed by atoms with E-state index in [0.29, 0.717) is 28.9 Å². The van der Waals surface area contributed by atoms with E-state index in [1.54, 1.807) is 23.1 Å². The Bertz CT molecular complexity index is 976. The van der Waals surface area contributed by atoms with Gasteiger partial charge in [-0.3, -0.25) is 14.4 Å². The Labute approximate surface area is 181 Å². The SMILES string of the molecule is CCC(C)c1ccccc1N1CC(C(=O)Nc2ccc(NC(C)=O)cc2Cl)CC1=O. The molecule has 0 bridgehead atoms. The Morgan fingerprint density at radius 1 is 1.20 bits per heavy atom. The third-order valence-corrected chi connectivity index (χ3v) is 5.73. The Morgan fingerprint density at radius 3 is 2.60 bits per heavy atom. The van der Waals surface area contributed by atoms with E-state index in [9.17, 15) is 14.4 Å². The van der Waals surface area contributed by atoms with Crippen LogP contribution in [-0.2, 0) is 14.4 Å². The van der Waals surface area contributed by atoms with Crippen molar-refractivity contribution in [1.29, 1.82) is 0 Å². The number of halogens is 1. The van der Waals surface area contributed by atoms with Gasteiger partial charge in [-0.2, -0.15) is 0 Å². The summed E-state index contributed by atoms with van der Waals surface area (Å²) in [5.41, 5.74) is 2.99. The van der Waals surface area contributed by atoms with Crippen LogP contribution in [0, 0.1) is 5.92 Å². The number of hydrogen-bond acceptors (Lipinski definition) is 3. The van der Waals surface area contributed by atoms with Gasteiger partial charge in [0.1, 0.15) is 0 Å². The Kier molecular flexibility index (Phi) is 6.77. The average molecular weight is 428 g/mol. The fourth-order valence-corrected chi connectivity index (χ4v) is 3.85. The molecule has 1 heterocycles. The molecule has 2 unspecified atom stereocenters. The highest BCUT2D eigenvalue weighted by Crippen LogP contribution is 2.34. The number of carbonyl (C=O) groups is 3. The van der Waals surface area contributed by atoms with Gasteiger partial charge in [0.05, 0.1) is 16.6 Å². The molecule has 2 aromatic rings. The lowest BCUT2D eigenvalue weighted by Gasteiger charge is -2.23. The quantitative estimate of drug-likeness (QED) is 0.694. The molecule has 1 saturated heterocycles. The highest BCUT2D eigenvalue weighted by molar-refractivity contribution is 6.34. The van der Waals surface area contributed by atoms with E-state index < -0.39 is 5.92 Å². The molecule has 0 radical (unpaired) electrons. The van der Waals surface area contributed by atoms with Crippen LogP contribution in [0.2, 0.25) is 5.02 Å². The van der Waals surface area contributed by atoms with Crippen molar-refractivity contribution in [3.63, 3.8) is 0 Å². The fourth-order valence-electron chi connectivity index (χ4n) is 3.62. The molecule has 3 amide bonds. The molecule has 0 aliphatic carbocycles. The lowest BCUT2D eigenvalue weighted by molar-refractivity contribution is -0.122. The van der Waals surface area contributed by atoms with Crippen molar-refractivity contribution in [2.75, 3.05) is 22.1 Å². The van der Waals surface area contributed by atoms with Gasteiger partial charge in [-0.05, 0) is 42.2 Å². The Balaban J connectivity index is 1.73. The zero-order valence-electron chi connectivity index (χ0n) is 17.4. The standard InChI is InChI=1S/C23H26ClN3O3/c1-4-14(2)18-7-5-6-8-21(18)27-13-16(11-22(27)29)23(30)26-20-10-9-17(12-19(20)24)25-15(3)28/h5-10,12,14,16H,4,11,13H2,1-3H3,(H,25,28)(H,26,30). The Hall–Kier alpha value is -2.86. The predicted octanol–water partition coefficient (Wildman–Crippen LogP) is 4.80. The third kappa shape index (κ3) is 4.82. The maximum Gasteiger partial charge on any atom is 0.229 e. The first kappa shape index (κ1) is 21.8. The van der Waals surface area contributed by atoms with Crippen LogP contribution in [0.3, 0.4) is 0 Å². The van der Waals surface area contributed by atoms with Crippen LogP contribution in [-0.4, -0.2) is 24.3 Å². The average Bonchev–Trinajstić information content (AvgIpc) is 3.10. The second-order valence-electron chi connectivity index (χ2n) is 7.64. The van der Waals surface area contributed by atoms with E-state index in [2.05, 4.69) is 24.5 Å². The first-order valence-electron chi connectivity index (χ1n) is 10.1. The highest BCUT2D eigenvalue weighted by atomic mass is 35.5. The largest absolute Gasteiger partial charge is 0.326 e. The van der Waals surface area contributed by atoms with Crippen LogP contribution in [0.15, 0.2) is 42.5 Å². The predicted molar refractivity (Wildman–Crippen MR) is 120 cm³/mol. The summed E-state index contributed by atoms with van der Waals surface area (Å²) >= 11 is 6.25. The minimum atomic E-state index is -0.464. The summed E-state index contributed by atoms with van der Waals surface area (Å²) in [7, 11) is 0. The number of carbonyl (C=O) groups excluding carboxylic acids is 3. The molecule has 1 fully saturated rings. The van der Waals surface area contributed by atoms with Gasteiger partial charge in [0.15, 0.2) is 0 Å². The van der Waals surface area contributed by atoms with Gasteiger partial charge in [-0.15, -0.1) is 0 Å². The zero-order valence-corrected chi connectivity index (χ0v) is 18.1. The van der Waals surface area contributed by atoms with Crippen molar-refractivity contribution < 1.29 is 14.4 Å². The molecule has 7 heteroatoms. The van der Waals surface area contributed by atoms with Crippen LogP contribution < -0.4 is 15.5 Å². The molecule has 3 rings (SSSR count). The van der Waals surface area contributed by atoms with Crippen LogP contribution >= 0.6 is 11.6 Å². The summed E-state index contributed by atoms with van der Waals surface area (Å²) in [5.74, 6) is -0.652. The lowest BCUT2D eigenvalue weighted by Crippen LogP contribution is -2.29. The van der Waals surface area contributed by atoms with Gasteiger partial charge in [0.2, 0.25) is 17.7 Å². The van der Waals surface area contributed by atoms with Crippen molar-refractivity contribution in [1.82, 2.24) is 0 Å². The lowest BCUT2D eigenvalue weighted by atomic mass is 9.96. The summed E-state index contributed by atoms with van der Waals surface area (Å²) in [6.45, 7) is 5.99. The van der Waals surface area contributed by atoms with E-state index in [1.807, 2.05) is 24.3 Å². The normalized spacial score (nSPS) is 17.0. The van der Waals surface area contributed by atoms with E-state index in [1.165, 1.54) is 6.92 Å². The zero-order chi connectivity index (χ0) is 21.8. The van der Waals surface area contributed by atoms with Crippen molar-refractivity contribution in [2.24, 2.45) is 5.92 Å². The molecule has 30 heavy (non-hydrogen) atoms. The Morgan fingerprint density at radius 2 is 1.93 bits per heavy atom. The molecule has 2 aromatic carbocycles. The van der Waals surface area contributed by atoms with Crippen LogP contribution in [0.5, 0.6) is 0 Å². The summed E-state index contributed by atoms with van der Waals surface area (Å²) in [6.07, 6.45) is 1.12. The van der Waals surface area contributed by atoms with E-state index in [4.69, 9.17) is 11.6 Å². The number of para-hydroxylation sites is 1. The van der Waals surface area contributed by atoms with Gasteiger partial charge in [-0.25, -0.2) is 0 Å². The van der Waals surface area contributed by atoms with E-state index >= 15 is 0 Å². The monoisotopic (exact) mass is 427 g/mol. The maximum atomic E-state index is 12.8. The molecule has 0 aromatic heterocycles. The number of nitrogens with one attached hydrogen (secondary N) is 2. The number of anilines is 3. The highest BCUT2D eigenvalue weighted by Gasteiger charge is 2.36. The molecule has 0 saturated carbocycles. The number of rotatable bonds is 6. The summed E-state index contributed by atoms with van der Waals surface area (Å²) in [6, 6.07) is 12.8. The summed E-state index contributed by atoms with van der Waals surface area (Å²) in [4.78, 5) is 38.4. The first-order valence-corrected chi connectivity index (χ1v) is 10.4. The van der Waals surface area contributed by atoms with Gasteiger partial charge in [-0.1, -0.05) is 43.6 Å². The smallest absolute Gasteiger partial charge is 0.229 e. The molecular weight excluding hydrogens is 402 g/mol. The van der Waals surface area contributed by atoms with Gasteiger partial charge in [0.25, 0.3) is 0 Å². The van der Waals surface area contributed by atoms with E-state index in [0.717, 1.165) is 17.7 Å². The molecule has 1 aliphatic heterocycles. The summed E-state index contributed by atoms with van der Waals surface area (Å²) < 4.78 is 0. The number of amides is 3. The molecule has 0 spiro atoms. The molecule has 2 atom stereocenters. The minimum absolute atomic E-state index is 0.0574. The second-order valence-corrected chi connectivity index (χ2v) is 8.05. The first-order chi connectivity index (χ1) is 14.3. The maximum absolute atomic E-state index is 12.8. The minimum Gasteiger partial charge on any atom is -0.326 e. The fraction of sp³-hybridized carbons (Fsp3) is 0.348. The van der Waals surface area contributed by atoms with Gasteiger partial charge >= 0.3 is 0 Å². The second kappa shape index (κ2) is 9.30. The number of hydrogen-bond donors (Lipinski definition) is 2. The van der Waals surface area contributed by atoms with Crippen LogP contribution in [0.1, 0.15) is 45.1 Å². The number of benzene rings is 2. The van der Waals surface area contributed by atoms with Crippen molar-refractivity contribution in [3.05, 3.63) is 53.1 Å². The molecule has 1 aliphatic rings. The topological polar surface area (TPSA) is 78.5 Å². The van der Waals surface area contributed by atoms with Crippen molar-refractivity contribution in [3.8, 4) is 0 Å². The van der Waals surface area contributed by atoms with E-state index in [-0.39, 0.29) is 24.1 Å². The molecular formula is C23H26ClN3O3. The molecule has 158 valence electrons. The molecule has 6 nitrogen and oxygen atoms in total. The van der Waals surface area contributed by atoms with Gasteiger partial charge < -0.3 is 15.5 Å². The van der Waals surface area contributed by atoms with Crippen LogP contribution in [0.25, 0.3) is 0 Å². The van der Waals surface area contributed by atoms with Gasteiger partial charge in [0, 0.05) is 31.3 Å².